The summed E-state index contributed by atoms with van der Waals surface area (Å²) in [6, 6.07) is 0. The Kier molecular flexibility index (Phi) is 2.54. The predicted molar refractivity (Wildman–Crippen MR) is 50.2 cm³/mol. The molecule has 3 nitrogen and oxygen atoms in total. The fraction of sp³-hybridized carbons (Fsp3) is 0.800. The second-order valence-electron chi connectivity index (χ2n) is 4.60. The summed E-state index contributed by atoms with van der Waals surface area (Å²) < 4.78 is 0. The van der Waals surface area contributed by atoms with Crippen LogP contribution in [0.5, 0.6) is 0 Å². The largest absolute Gasteiger partial charge is 0.390 e. The number of aliphatic hydroxyl groups is 3. The highest BCUT2D eigenvalue weighted by atomic mass is 16.3. The Balaban J connectivity index is 2.79. The number of aliphatic hydroxyl groups excluding tert-OH is 1. The zero-order chi connectivity index (χ0) is 10.3. The highest BCUT2D eigenvalue weighted by molar-refractivity contribution is 5.12. The standard InChI is InChI=1S/C10H18O3/c1-9(2,12)7-4-5-10(3,13)8(11)6-7/h4-5,7-8,11-13H,6H2,1-3H3. The van der Waals surface area contributed by atoms with Crippen molar-refractivity contribution in [2.75, 3.05) is 0 Å². The maximum atomic E-state index is 9.69. The molecule has 0 bridgehead atoms. The molecule has 0 amide bonds. The van der Waals surface area contributed by atoms with Crippen LogP contribution in [-0.4, -0.2) is 32.6 Å². The van der Waals surface area contributed by atoms with Gasteiger partial charge in [0.05, 0.1) is 11.7 Å². The summed E-state index contributed by atoms with van der Waals surface area (Å²) in [5.74, 6) is -0.0947. The minimum atomic E-state index is -1.15. The average molecular weight is 186 g/mol. The number of rotatable bonds is 1. The van der Waals surface area contributed by atoms with E-state index in [1.807, 2.05) is 0 Å². The van der Waals surface area contributed by atoms with Crippen LogP contribution in [0, 0.1) is 5.92 Å². The van der Waals surface area contributed by atoms with Crippen molar-refractivity contribution in [3.05, 3.63) is 12.2 Å². The van der Waals surface area contributed by atoms with Crippen LogP contribution in [0.4, 0.5) is 0 Å². The van der Waals surface area contributed by atoms with E-state index in [9.17, 15) is 15.3 Å². The molecule has 13 heavy (non-hydrogen) atoms. The van der Waals surface area contributed by atoms with Gasteiger partial charge in [0.1, 0.15) is 5.60 Å². The lowest BCUT2D eigenvalue weighted by atomic mass is 9.77. The summed E-state index contributed by atoms with van der Waals surface area (Å²) >= 11 is 0. The Bertz CT molecular complexity index is 213. The zero-order valence-electron chi connectivity index (χ0n) is 8.36. The molecule has 0 radical (unpaired) electrons. The average Bonchev–Trinajstić information content (AvgIpc) is 1.92. The second kappa shape index (κ2) is 3.08. The van der Waals surface area contributed by atoms with Crippen molar-refractivity contribution in [2.24, 2.45) is 5.92 Å². The number of hydrogen-bond acceptors (Lipinski definition) is 3. The third-order valence-corrected chi connectivity index (χ3v) is 2.73. The third-order valence-electron chi connectivity index (χ3n) is 2.73. The van der Waals surface area contributed by atoms with Crippen molar-refractivity contribution in [1.29, 1.82) is 0 Å². The Morgan fingerprint density at radius 3 is 2.38 bits per heavy atom. The summed E-state index contributed by atoms with van der Waals surface area (Å²) in [7, 11) is 0. The van der Waals surface area contributed by atoms with Crippen molar-refractivity contribution >= 4 is 0 Å². The predicted octanol–water partition coefficient (Wildman–Crippen LogP) is 0.445. The molecule has 0 saturated carbocycles. The lowest BCUT2D eigenvalue weighted by Crippen LogP contribution is -2.45. The molecule has 0 spiro atoms. The monoisotopic (exact) mass is 186 g/mol. The topological polar surface area (TPSA) is 60.7 Å². The molecule has 1 rings (SSSR count). The Morgan fingerprint density at radius 2 is 2.00 bits per heavy atom. The fourth-order valence-corrected chi connectivity index (χ4v) is 1.50. The van der Waals surface area contributed by atoms with Gasteiger partial charge in [-0.3, -0.25) is 0 Å². The minimum absolute atomic E-state index is 0.0947. The van der Waals surface area contributed by atoms with E-state index in [1.165, 1.54) is 0 Å². The molecule has 0 aromatic rings. The molecule has 1 aliphatic carbocycles. The Labute approximate surface area is 78.7 Å². The highest BCUT2D eigenvalue weighted by Gasteiger charge is 2.37. The third kappa shape index (κ3) is 2.30. The van der Waals surface area contributed by atoms with Gasteiger partial charge in [-0.2, -0.15) is 0 Å². The van der Waals surface area contributed by atoms with Crippen molar-refractivity contribution in [1.82, 2.24) is 0 Å². The molecule has 3 atom stereocenters. The molecule has 0 aliphatic heterocycles. The van der Waals surface area contributed by atoms with Crippen molar-refractivity contribution in [3.8, 4) is 0 Å². The van der Waals surface area contributed by atoms with Crippen LogP contribution in [0.15, 0.2) is 12.2 Å². The first-order chi connectivity index (χ1) is 5.73. The smallest absolute Gasteiger partial charge is 0.106 e. The molecule has 0 fully saturated rings. The van der Waals surface area contributed by atoms with Gasteiger partial charge in [0.2, 0.25) is 0 Å². The molecule has 3 heteroatoms. The first-order valence-electron chi connectivity index (χ1n) is 4.55. The van der Waals surface area contributed by atoms with Gasteiger partial charge < -0.3 is 15.3 Å². The van der Waals surface area contributed by atoms with Crippen LogP contribution in [0.3, 0.4) is 0 Å². The van der Waals surface area contributed by atoms with Crippen molar-refractivity contribution in [3.63, 3.8) is 0 Å². The lowest BCUT2D eigenvalue weighted by molar-refractivity contribution is -0.0662. The van der Waals surface area contributed by atoms with Gasteiger partial charge in [-0.15, -0.1) is 0 Å². The number of hydrogen-bond donors (Lipinski definition) is 3. The quantitative estimate of drug-likeness (QED) is 0.521. The molecule has 76 valence electrons. The molecular formula is C10H18O3. The van der Waals surface area contributed by atoms with Crippen LogP contribution in [0.25, 0.3) is 0 Å². The minimum Gasteiger partial charge on any atom is -0.390 e. The maximum absolute atomic E-state index is 9.69. The fourth-order valence-electron chi connectivity index (χ4n) is 1.50. The molecule has 0 saturated heterocycles. The van der Waals surface area contributed by atoms with Gasteiger partial charge in [0.15, 0.2) is 0 Å². The normalized spacial score (nSPS) is 40.8. The molecule has 1 aliphatic rings. The molecule has 0 aromatic heterocycles. The maximum Gasteiger partial charge on any atom is 0.106 e. The highest BCUT2D eigenvalue weighted by Crippen LogP contribution is 2.32. The molecule has 3 unspecified atom stereocenters. The van der Waals surface area contributed by atoms with Crippen molar-refractivity contribution in [2.45, 2.75) is 44.5 Å². The van der Waals surface area contributed by atoms with E-state index in [2.05, 4.69) is 0 Å². The van der Waals surface area contributed by atoms with E-state index in [0.29, 0.717) is 6.42 Å². The van der Waals surface area contributed by atoms with Gasteiger partial charge in [-0.25, -0.2) is 0 Å². The van der Waals surface area contributed by atoms with E-state index in [1.54, 1.807) is 32.9 Å². The molecule has 3 N–H and O–H groups in total. The van der Waals surface area contributed by atoms with Gasteiger partial charge in [0.25, 0.3) is 0 Å². The SMILES string of the molecule is CC(C)(O)C1C=CC(C)(O)C(O)C1. The van der Waals surface area contributed by atoms with E-state index in [4.69, 9.17) is 0 Å². The van der Waals surface area contributed by atoms with Gasteiger partial charge in [-0.1, -0.05) is 12.2 Å². The summed E-state index contributed by atoms with van der Waals surface area (Å²) in [5, 5.41) is 28.9. The van der Waals surface area contributed by atoms with Gasteiger partial charge >= 0.3 is 0 Å². The van der Waals surface area contributed by atoms with Crippen LogP contribution in [0.2, 0.25) is 0 Å². The second-order valence-corrected chi connectivity index (χ2v) is 4.60. The van der Waals surface area contributed by atoms with Gasteiger partial charge in [-0.05, 0) is 27.2 Å². The summed E-state index contributed by atoms with van der Waals surface area (Å²) in [4.78, 5) is 0. The Morgan fingerprint density at radius 1 is 1.46 bits per heavy atom. The van der Waals surface area contributed by atoms with Crippen LogP contribution in [0.1, 0.15) is 27.2 Å². The van der Waals surface area contributed by atoms with Crippen LogP contribution in [-0.2, 0) is 0 Å². The van der Waals surface area contributed by atoms with Crippen LogP contribution < -0.4 is 0 Å². The van der Waals surface area contributed by atoms with Crippen LogP contribution >= 0.6 is 0 Å². The van der Waals surface area contributed by atoms with E-state index in [0.717, 1.165) is 0 Å². The molecule has 0 heterocycles. The lowest BCUT2D eigenvalue weighted by Gasteiger charge is -2.37. The van der Waals surface area contributed by atoms with Crippen molar-refractivity contribution < 1.29 is 15.3 Å². The summed E-state index contributed by atoms with van der Waals surface area (Å²) in [6.45, 7) is 4.97. The Hall–Kier alpha value is -0.380. The van der Waals surface area contributed by atoms with Gasteiger partial charge in [0, 0.05) is 5.92 Å². The van der Waals surface area contributed by atoms with E-state index >= 15 is 0 Å². The molecular weight excluding hydrogens is 168 g/mol. The van der Waals surface area contributed by atoms with E-state index in [-0.39, 0.29) is 5.92 Å². The van der Waals surface area contributed by atoms with E-state index < -0.39 is 17.3 Å². The zero-order valence-corrected chi connectivity index (χ0v) is 8.36. The first-order valence-corrected chi connectivity index (χ1v) is 4.55. The molecule has 0 aromatic carbocycles. The summed E-state index contributed by atoms with van der Waals surface area (Å²) in [6.07, 6.45) is 2.93. The summed E-state index contributed by atoms with van der Waals surface area (Å²) in [5.41, 5.74) is -1.99. The first kappa shape index (κ1) is 10.7.